The van der Waals surface area contributed by atoms with Gasteiger partial charge in [-0.25, -0.2) is 0 Å². The van der Waals surface area contributed by atoms with E-state index in [2.05, 4.69) is 6.07 Å². The van der Waals surface area contributed by atoms with Crippen molar-refractivity contribution in [3.63, 3.8) is 0 Å². The van der Waals surface area contributed by atoms with Crippen LogP contribution in [0.2, 0.25) is 5.02 Å². The second kappa shape index (κ2) is 4.42. The van der Waals surface area contributed by atoms with Crippen LogP contribution in [0, 0.1) is 11.3 Å². The molecule has 1 aromatic carbocycles. The molecule has 3 nitrogen and oxygen atoms in total. The van der Waals surface area contributed by atoms with Gasteiger partial charge >= 0.3 is 0 Å². The number of ether oxygens (including phenoxy) is 2. The standard InChI is InChI=1S/C12H12ClNO2/c1-12(10-4-2-3-5-11(10)13)15-8-9(16-12)6-7-14/h2-5,9H,6,8H2,1H3. The highest BCUT2D eigenvalue weighted by Gasteiger charge is 2.39. The highest BCUT2D eigenvalue weighted by atomic mass is 35.5. The van der Waals surface area contributed by atoms with Crippen LogP contribution in [-0.2, 0) is 15.3 Å². The zero-order valence-electron chi connectivity index (χ0n) is 8.94. The highest BCUT2D eigenvalue weighted by Crippen LogP contribution is 2.37. The van der Waals surface area contributed by atoms with E-state index < -0.39 is 5.79 Å². The van der Waals surface area contributed by atoms with E-state index in [4.69, 9.17) is 26.3 Å². The van der Waals surface area contributed by atoms with E-state index >= 15 is 0 Å². The van der Waals surface area contributed by atoms with E-state index in [0.29, 0.717) is 18.1 Å². The second-order valence-corrected chi connectivity index (χ2v) is 4.25. The third kappa shape index (κ3) is 2.05. The first-order valence-corrected chi connectivity index (χ1v) is 5.47. The van der Waals surface area contributed by atoms with Crippen molar-refractivity contribution in [2.45, 2.75) is 25.2 Å². The Kier molecular flexibility index (Phi) is 3.15. The molecule has 2 unspecified atom stereocenters. The molecule has 0 aliphatic carbocycles. The molecule has 16 heavy (non-hydrogen) atoms. The van der Waals surface area contributed by atoms with Crippen molar-refractivity contribution in [1.82, 2.24) is 0 Å². The van der Waals surface area contributed by atoms with Gasteiger partial charge in [-0.2, -0.15) is 5.26 Å². The number of nitriles is 1. The van der Waals surface area contributed by atoms with E-state index in [-0.39, 0.29) is 6.10 Å². The van der Waals surface area contributed by atoms with Gasteiger partial charge in [0.2, 0.25) is 0 Å². The van der Waals surface area contributed by atoms with E-state index in [0.717, 1.165) is 5.56 Å². The summed E-state index contributed by atoms with van der Waals surface area (Å²) in [5, 5.41) is 9.22. The maximum absolute atomic E-state index is 8.61. The summed E-state index contributed by atoms with van der Waals surface area (Å²) in [4.78, 5) is 0. The number of nitrogens with zero attached hydrogens (tertiary/aromatic N) is 1. The average Bonchev–Trinajstić information content (AvgIpc) is 2.62. The third-order valence-electron chi connectivity index (χ3n) is 2.62. The van der Waals surface area contributed by atoms with Crippen molar-refractivity contribution < 1.29 is 9.47 Å². The monoisotopic (exact) mass is 237 g/mol. The molecule has 1 aromatic rings. The Bertz CT molecular complexity index is 429. The lowest BCUT2D eigenvalue weighted by atomic mass is 10.1. The second-order valence-electron chi connectivity index (χ2n) is 3.84. The first-order valence-electron chi connectivity index (χ1n) is 5.09. The number of hydrogen-bond donors (Lipinski definition) is 0. The minimum Gasteiger partial charge on any atom is -0.343 e. The molecule has 1 fully saturated rings. The van der Waals surface area contributed by atoms with Crippen molar-refractivity contribution >= 4 is 11.6 Å². The molecule has 0 spiro atoms. The molecular weight excluding hydrogens is 226 g/mol. The normalized spacial score (nSPS) is 28.9. The van der Waals surface area contributed by atoms with Gasteiger partial charge in [-0.1, -0.05) is 29.8 Å². The van der Waals surface area contributed by atoms with Gasteiger partial charge in [0.05, 0.1) is 25.2 Å². The largest absolute Gasteiger partial charge is 0.343 e. The Morgan fingerprint density at radius 2 is 2.31 bits per heavy atom. The van der Waals surface area contributed by atoms with Crippen LogP contribution in [0.25, 0.3) is 0 Å². The topological polar surface area (TPSA) is 42.2 Å². The molecule has 1 saturated heterocycles. The van der Waals surface area contributed by atoms with Gasteiger partial charge in [-0.15, -0.1) is 0 Å². The predicted molar refractivity (Wildman–Crippen MR) is 59.9 cm³/mol. The van der Waals surface area contributed by atoms with E-state index in [1.165, 1.54) is 0 Å². The Balaban J connectivity index is 2.22. The van der Waals surface area contributed by atoms with Gasteiger partial charge in [-0.3, -0.25) is 0 Å². The molecule has 1 aliphatic rings. The van der Waals surface area contributed by atoms with E-state index in [9.17, 15) is 0 Å². The maximum atomic E-state index is 8.61. The maximum Gasteiger partial charge on any atom is 0.193 e. The zero-order chi connectivity index (χ0) is 11.6. The van der Waals surface area contributed by atoms with Crippen molar-refractivity contribution in [1.29, 1.82) is 5.26 Å². The third-order valence-corrected chi connectivity index (χ3v) is 2.95. The van der Waals surface area contributed by atoms with Crippen molar-refractivity contribution in [2.24, 2.45) is 0 Å². The lowest BCUT2D eigenvalue weighted by Gasteiger charge is -2.24. The van der Waals surface area contributed by atoms with Gasteiger partial charge < -0.3 is 9.47 Å². The van der Waals surface area contributed by atoms with Gasteiger partial charge in [0.15, 0.2) is 5.79 Å². The summed E-state index contributed by atoms with van der Waals surface area (Å²) >= 11 is 6.09. The molecule has 0 amide bonds. The molecular formula is C12H12ClNO2. The van der Waals surface area contributed by atoms with Crippen molar-refractivity contribution in [3.05, 3.63) is 34.9 Å². The van der Waals surface area contributed by atoms with Gasteiger partial charge in [-0.05, 0) is 13.0 Å². The van der Waals surface area contributed by atoms with Gasteiger partial charge in [0.1, 0.15) is 0 Å². The van der Waals surface area contributed by atoms with Crippen LogP contribution in [0.5, 0.6) is 0 Å². The smallest absolute Gasteiger partial charge is 0.193 e. The molecule has 0 radical (unpaired) electrons. The summed E-state index contributed by atoms with van der Waals surface area (Å²) in [5.41, 5.74) is 0.803. The van der Waals surface area contributed by atoms with Crippen molar-refractivity contribution in [2.75, 3.05) is 6.61 Å². The quantitative estimate of drug-likeness (QED) is 0.794. The molecule has 0 saturated carbocycles. The molecule has 0 N–H and O–H groups in total. The van der Waals surface area contributed by atoms with E-state index in [1.807, 2.05) is 25.1 Å². The summed E-state index contributed by atoms with van der Waals surface area (Å²) in [5.74, 6) is -0.833. The van der Waals surface area contributed by atoms with Crippen LogP contribution in [0.4, 0.5) is 0 Å². The first kappa shape index (κ1) is 11.4. The average molecular weight is 238 g/mol. The summed E-state index contributed by atoms with van der Waals surface area (Å²) in [7, 11) is 0. The summed E-state index contributed by atoms with van der Waals surface area (Å²) in [6, 6.07) is 9.49. The fourth-order valence-corrected chi connectivity index (χ4v) is 2.12. The van der Waals surface area contributed by atoms with Gasteiger partial charge in [0, 0.05) is 10.6 Å². The van der Waals surface area contributed by atoms with Crippen LogP contribution >= 0.6 is 11.6 Å². The fourth-order valence-electron chi connectivity index (χ4n) is 1.81. The minimum atomic E-state index is -0.833. The zero-order valence-corrected chi connectivity index (χ0v) is 9.70. The Morgan fingerprint density at radius 3 is 3.00 bits per heavy atom. The van der Waals surface area contributed by atoms with Crippen LogP contribution in [0.15, 0.2) is 24.3 Å². The number of halogens is 1. The SMILES string of the molecule is CC1(c2ccccc2Cl)OCC(CC#N)O1. The molecule has 0 aromatic heterocycles. The van der Waals surface area contributed by atoms with Crippen LogP contribution in [-0.4, -0.2) is 12.7 Å². The summed E-state index contributed by atoms with van der Waals surface area (Å²) in [6.45, 7) is 2.25. The van der Waals surface area contributed by atoms with Crippen LogP contribution in [0.3, 0.4) is 0 Å². The van der Waals surface area contributed by atoms with Crippen molar-refractivity contribution in [3.8, 4) is 6.07 Å². The molecule has 1 aliphatic heterocycles. The number of hydrogen-bond acceptors (Lipinski definition) is 3. The summed E-state index contributed by atoms with van der Waals surface area (Å²) in [6.07, 6.45) is 0.159. The molecule has 0 bridgehead atoms. The molecule has 84 valence electrons. The Hall–Kier alpha value is -1.08. The number of benzene rings is 1. The minimum absolute atomic E-state index is 0.175. The molecule has 2 atom stereocenters. The molecule has 4 heteroatoms. The highest BCUT2D eigenvalue weighted by molar-refractivity contribution is 6.31. The molecule has 1 heterocycles. The summed E-state index contributed by atoms with van der Waals surface area (Å²) < 4.78 is 11.3. The lowest BCUT2D eigenvalue weighted by Crippen LogP contribution is -2.24. The van der Waals surface area contributed by atoms with Gasteiger partial charge in [0.25, 0.3) is 0 Å². The fraction of sp³-hybridized carbons (Fsp3) is 0.417. The van der Waals surface area contributed by atoms with Crippen LogP contribution < -0.4 is 0 Å². The Morgan fingerprint density at radius 1 is 1.56 bits per heavy atom. The van der Waals surface area contributed by atoms with E-state index in [1.54, 1.807) is 6.07 Å². The first-order chi connectivity index (χ1) is 7.65. The predicted octanol–water partition coefficient (Wildman–Crippen LogP) is 2.84. The Labute approximate surface area is 99.5 Å². The van der Waals surface area contributed by atoms with Crippen LogP contribution in [0.1, 0.15) is 18.9 Å². The lowest BCUT2D eigenvalue weighted by molar-refractivity contribution is -0.161. The molecule has 2 rings (SSSR count). The number of rotatable bonds is 2.